The van der Waals surface area contributed by atoms with Crippen LogP contribution in [0.2, 0.25) is 0 Å². The Hall–Kier alpha value is -6.47. The first kappa shape index (κ1) is 54.8. The quantitative estimate of drug-likeness (QED) is 0.155. The summed E-state index contributed by atoms with van der Waals surface area (Å²) in [4.78, 5) is 0. The van der Waals surface area contributed by atoms with E-state index >= 15 is 0 Å². The zero-order valence-electron chi connectivity index (χ0n) is 52.9. The number of hydrogen-bond acceptors (Lipinski definition) is 6. The van der Waals surface area contributed by atoms with Gasteiger partial charge in [-0.3, -0.25) is 0 Å². The Labute approximate surface area is 490 Å². The van der Waals surface area contributed by atoms with Gasteiger partial charge in [-0.1, -0.05) is 182 Å². The Bertz CT molecular complexity index is 3680. The van der Waals surface area contributed by atoms with Gasteiger partial charge in [-0.15, -0.1) is 0 Å². The molecule has 9 heteroatoms. The molecule has 0 atom stereocenters. The molecule has 6 heterocycles. The van der Waals surface area contributed by atoms with Gasteiger partial charge >= 0.3 is 0 Å². The van der Waals surface area contributed by atoms with Crippen LogP contribution < -0.4 is 77.6 Å². The van der Waals surface area contributed by atoms with Crippen LogP contribution in [0, 0.1) is 0 Å². The molecule has 420 valence electrons. The van der Waals surface area contributed by atoms with Crippen molar-refractivity contribution in [2.75, 3.05) is 0 Å². The highest BCUT2D eigenvalue weighted by molar-refractivity contribution is 7.02. The van der Waals surface area contributed by atoms with Crippen molar-refractivity contribution in [1.29, 1.82) is 0 Å². The maximum atomic E-state index is 7.70. The molecule has 0 saturated heterocycles. The number of hydrogen-bond donors (Lipinski definition) is 0. The molecule has 0 aromatic heterocycles. The van der Waals surface area contributed by atoms with E-state index in [1.54, 1.807) is 0 Å². The Morgan fingerprint density at radius 1 is 0.268 bits per heavy atom. The van der Waals surface area contributed by atoms with Crippen LogP contribution in [0.5, 0.6) is 69.0 Å². The van der Waals surface area contributed by atoms with Gasteiger partial charge in [0, 0.05) is 27.5 Å². The molecule has 7 aromatic carbocycles. The van der Waals surface area contributed by atoms with Crippen molar-refractivity contribution in [3.05, 3.63) is 124 Å². The van der Waals surface area contributed by atoms with Gasteiger partial charge in [-0.05, 0) is 166 Å². The van der Waals surface area contributed by atoms with Gasteiger partial charge in [0.2, 0.25) is 0 Å². The molecule has 0 bridgehead atoms. The number of fused-ring (bicyclic) bond motifs is 12. The summed E-state index contributed by atoms with van der Waals surface area (Å²) in [5, 5.41) is 0. The van der Waals surface area contributed by atoms with Crippen molar-refractivity contribution < 1.29 is 28.4 Å². The molecule has 0 spiro atoms. The van der Waals surface area contributed by atoms with E-state index in [1.165, 1.54) is 27.8 Å². The van der Waals surface area contributed by atoms with Crippen LogP contribution in [0.4, 0.5) is 0 Å². The summed E-state index contributed by atoms with van der Waals surface area (Å²) in [5.74, 6) is 10.3. The molecule has 0 saturated carbocycles. The maximum Gasteiger partial charge on any atom is 0.260 e. The maximum absolute atomic E-state index is 7.70. The van der Waals surface area contributed by atoms with Crippen LogP contribution in [0.3, 0.4) is 0 Å². The first-order valence-electron chi connectivity index (χ1n) is 30.6. The molecule has 7 aromatic rings. The molecule has 0 N–H and O–H groups in total. The summed E-state index contributed by atoms with van der Waals surface area (Å²) >= 11 is 0. The smallest absolute Gasteiger partial charge is 0.260 e. The third-order valence-electron chi connectivity index (χ3n) is 20.2. The molecule has 0 unspecified atom stereocenters. The Morgan fingerprint density at radius 2 is 0.524 bits per heavy atom. The first-order valence-corrected chi connectivity index (χ1v) is 30.6. The molecule has 0 amide bonds. The lowest BCUT2D eigenvalue weighted by molar-refractivity contribution is 0.410. The highest BCUT2D eigenvalue weighted by atomic mass is 16.5. The highest BCUT2D eigenvalue weighted by Gasteiger charge is 2.52. The lowest BCUT2D eigenvalue weighted by Crippen LogP contribution is -2.64. The normalized spacial score (nSPS) is 15.3. The molecular formula is C73H83B3O6. The molecule has 82 heavy (non-hydrogen) atoms. The first-order chi connectivity index (χ1) is 38.2. The molecule has 0 fully saturated rings. The molecule has 6 aliphatic heterocycles. The molecule has 0 radical (unpaired) electrons. The Morgan fingerprint density at radius 3 is 0.768 bits per heavy atom. The number of ether oxygens (including phenoxy) is 6. The largest absolute Gasteiger partial charge is 0.458 e. The second-order valence-corrected chi connectivity index (χ2v) is 31.0. The van der Waals surface area contributed by atoms with E-state index in [4.69, 9.17) is 28.4 Å². The van der Waals surface area contributed by atoms with Crippen LogP contribution in [0.25, 0.3) is 0 Å². The molecular weight excluding hydrogens is 1010 g/mol. The predicted octanol–water partition coefficient (Wildman–Crippen LogP) is 14.1. The van der Waals surface area contributed by atoms with Crippen molar-refractivity contribution >= 4 is 69.3 Å². The minimum Gasteiger partial charge on any atom is -0.458 e. The van der Waals surface area contributed by atoms with Gasteiger partial charge < -0.3 is 28.4 Å². The average Bonchev–Trinajstić information content (AvgIpc) is 0.946. The fraction of sp³-hybridized carbons (Fsp3) is 0.425. The second-order valence-electron chi connectivity index (χ2n) is 31.0. The van der Waals surface area contributed by atoms with E-state index in [0.717, 1.165) is 149 Å². The summed E-state index contributed by atoms with van der Waals surface area (Å²) in [5.41, 5.74) is 16.7. The minimum absolute atomic E-state index is 0.0961. The van der Waals surface area contributed by atoms with E-state index in [-0.39, 0.29) is 47.2 Å². The van der Waals surface area contributed by atoms with Gasteiger partial charge in [0.1, 0.15) is 69.0 Å². The average molecular weight is 1090 g/mol. The molecule has 13 rings (SSSR count). The lowest BCUT2D eigenvalue weighted by Gasteiger charge is -2.43. The topological polar surface area (TPSA) is 55.4 Å². The second kappa shape index (κ2) is 17.6. The van der Waals surface area contributed by atoms with E-state index in [1.807, 2.05) is 0 Å². The Balaban J connectivity index is 1.14. The minimum atomic E-state index is -0.436. The zero-order chi connectivity index (χ0) is 58.7. The van der Waals surface area contributed by atoms with E-state index < -0.39 is 10.8 Å². The van der Waals surface area contributed by atoms with E-state index in [9.17, 15) is 0 Å². The van der Waals surface area contributed by atoms with Crippen LogP contribution in [-0.2, 0) is 37.9 Å². The number of benzene rings is 7. The van der Waals surface area contributed by atoms with Crippen molar-refractivity contribution in [3.8, 4) is 69.0 Å². The van der Waals surface area contributed by atoms with Crippen molar-refractivity contribution in [2.45, 2.75) is 203 Å². The summed E-state index contributed by atoms with van der Waals surface area (Å²) in [6.07, 6.45) is 2.87. The lowest BCUT2D eigenvalue weighted by atomic mass is 9.29. The van der Waals surface area contributed by atoms with Crippen LogP contribution in [0.1, 0.15) is 204 Å². The monoisotopic (exact) mass is 1090 g/mol. The standard InChI is InChI=1S/C73H83B3O6/c1-22-71(16,17)41-31-52-60-54(33-41)79-63-46(74(60)44-29-39(67(4,5)6)25-27-50(44)77-52)37-48-65(58(63)69(10,11)12)81-56-35-43(73(20,21)24-3)36-57-62(56)76(48)49-38-47-64(59(66(49)82-57)70(13,14)15)80-55-34-42(72(18,19)23-2)32-53-61(55)75(47)45-30-40(68(7,8)9)26-28-51(45)78-53/h25-38H,22-24H2,1-21H3. The van der Waals surface area contributed by atoms with E-state index in [2.05, 4.69) is 230 Å². The van der Waals surface area contributed by atoms with E-state index in [0.29, 0.717) is 0 Å². The van der Waals surface area contributed by atoms with Gasteiger partial charge in [0.25, 0.3) is 20.1 Å². The fourth-order valence-corrected chi connectivity index (χ4v) is 13.8. The van der Waals surface area contributed by atoms with Crippen molar-refractivity contribution in [3.63, 3.8) is 0 Å². The highest BCUT2D eigenvalue weighted by Crippen LogP contribution is 2.52. The number of rotatable bonds is 6. The van der Waals surface area contributed by atoms with Gasteiger partial charge in [-0.2, -0.15) is 0 Å². The van der Waals surface area contributed by atoms with Crippen molar-refractivity contribution in [2.24, 2.45) is 0 Å². The fourth-order valence-electron chi connectivity index (χ4n) is 13.8. The summed E-state index contributed by atoms with van der Waals surface area (Å²) < 4.78 is 44.8. The SMILES string of the molecule is CCC(C)(C)c1cc2c3c(c1)Oc1c(cc4c(c1C(C)(C)C)Oc1cc(C(C)(C)CC)cc5c1B4c1cc4c(c(C(C)(C)C)c1O5)Oc1cc(C(C)(C)CC)cc5c1B4c1cc(C(C)(C)C)ccc1O5)B3c1cc(C(C)(C)C)ccc1O2. The molecule has 6 aliphatic rings. The molecule has 6 nitrogen and oxygen atoms in total. The predicted molar refractivity (Wildman–Crippen MR) is 344 cm³/mol. The third kappa shape index (κ3) is 8.10. The zero-order valence-corrected chi connectivity index (χ0v) is 52.9. The van der Waals surface area contributed by atoms with Crippen LogP contribution in [-0.4, -0.2) is 20.1 Å². The van der Waals surface area contributed by atoms with Crippen LogP contribution >= 0.6 is 0 Å². The van der Waals surface area contributed by atoms with Gasteiger partial charge in [-0.25, -0.2) is 0 Å². The van der Waals surface area contributed by atoms with Gasteiger partial charge in [0.15, 0.2) is 0 Å². The third-order valence-corrected chi connectivity index (χ3v) is 20.2. The molecule has 0 aliphatic carbocycles. The summed E-state index contributed by atoms with van der Waals surface area (Å²) in [6.45, 7) is 47.8. The Kier molecular flexibility index (Phi) is 11.7. The van der Waals surface area contributed by atoms with Gasteiger partial charge in [0.05, 0.1) is 0 Å². The van der Waals surface area contributed by atoms with Crippen molar-refractivity contribution in [1.82, 2.24) is 0 Å². The summed E-state index contributed by atoms with van der Waals surface area (Å²) in [6, 6.07) is 32.5. The van der Waals surface area contributed by atoms with Crippen LogP contribution in [0.15, 0.2) is 84.9 Å². The summed E-state index contributed by atoms with van der Waals surface area (Å²) in [7, 11) is 0.